The lowest BCUT2D eigenvalue weighted by molar-refractivity contribution is -0.121. The molecule has 1 atom stereocenters. The van der Waals surface area contributed by atoms with Crippen molar-refractivity contribution < 1.29 is 14.3 Å². The van der Waals surface area contributed by atoms with Crippen LogP contribution in [-0.2, 0) is 9.59 Å². The van der Waals surface area contributed by atoms with Crippen molar-refractivity contribution in [1.82, 2.24) is 0 Å². The van der Waals surface area contributed by atoms with Gasteiger partial charge in [0, 0.05) is 31.7 Å². The van der Waals surface area contributed by atoms with E-state index in [0.717, 1.165) is 5.69 Å². The van der Waals surface area contributed by atoms with Gasteiger partial charge in [0.1, 0.15) is 5.75 Å². The minimum absolute atomic E-state index is 0.0122. The summed E-state index contributed by atoms with van der Waals surface area (Å²) in [5.74, 6) is 0.564. The SMILES string of the molecule is CN1C(=O)COc2ccc(N3CC(N)CC3=O)cc21. The Morgan fingerprint density at radius 1 is 1.32 bits per heavy atom. The van der Waals surface area contributed by atoms with Gasteiger partial charge in [-0.15, -0.1) is 0 Å². The Kier molecular flexibility index (Phi) is 2.67. The molecule has 0 radical (unpaired) electrons. The number of hydrogen-bond acceptors (Lipinski definition) is 4. The highest BCUT2D eigenvalue weighted by Crippen LogP contribution is 2.35. The summed E-state index contributed by atoms with van der Waals surface area (Å²) in [6.07, 6.45) is 0.363. The molecule has 6 heteroatoms. The van der Waals surface area contributed by atoms with Gasteiger partial charge in [-0.1, -0.05) is 0 Å². The van der Waals surface area contributed by atoms with E-state index in [1.54, 1.807) is 29.0 Å². The zero-order valence-electron chi connectivity index (χ0n) is 10.6. The average Bonchev–Trinajstić information content (AvgIpc) is 2.73. The van der Waals surface area contributed by atoms with Crippen LogP contribution in [0.2, 0.25) is 0 Å². The quantitative estimate of drug-likeness (QED) is 0.778. The van der Waals surface area contributed by atoms with E-state index in [1.165, 1.54) is 0 Å². The van der Waals surface area contributed by atoms with Crippen LogP contribution in [0, 0.1) is 0 Å². The maximum absolute atomic E-state index is 11.8. The Morgan fingerprint density at radius 3 is 2.79 bits per heavy atom. The van der Waals surface area contributed by atoms with Crippen molar-refractivity contribution >= 4 is 23.2 Å². The van der Waals surface area contributed by atoms with Crippen LogP contribution in [0.25, 0.3) is 0 Å². The topological polar surface area (TPSA) is 75.9 Å². The van der Waals surface area contributed by atoms with E-state index in [4.69, 9.17) is 10.5 Å². The second-order valence-electron chi connectivity index (χ2n) is 4.86. The van der Waals surface area contributed by atoms with Gasteiger partial charge in [0.2, 0.25) is 5.91 Å². The number of ether oxygens (including phenoxy) is 1. The van der Waals surface area contributed by atoms with E-state index in [1.807, 2.05) is 6.07 Å². The van der Waals surface area contributed by atoms with Crippen LogP contribution in [-0.4, -0.2) is 38.1 Å². The van der Waals surface area contributed by atoms with Crippen LogP contribution in [0.3, 0.4) is 0 Å². The number of nitrogens with two attached hydrogens (primary N) is 1. The molecule has 1 fully saturated rings. The molecule has 2 N–H and O–H groups in total. The van der Waals surface area contributed by atoms with Gasteiger partial charge >= 0.3 is 0 Å². The predicted molar refractivity (Wildman–Crippen MR) is 70.3 cm³/mol. The summed E-state index contributed by atoms with van der Waals surface area (Å²) in [7, 11) is 1.70. The van der Waals surface area contributed by atoms with Crippen molar-refractivity contribution in [1.29, 1.82) is 0 Å². The Labute approximate surface area is 110 Å². The normalized spacial score (nSPS) is 22.5. The first kappa shape index (κ1) is 12.0. The number of anilines is 2. The van der Waals surface area contributed by atoms with Crippen molar-refractivity contribution in [2.75, 3.05) is 30.0 Å². The summed E-state index contributed by atoms with van der Waals surface area (Å²) >= 11 is 0. The largest absolute Gasteiger partial charge is 0.482 e. The summed E-state index contributed by atoms with van der Waals surface area (Å²) in [6.45, 7) is 0.562. The van der Waals surface area contributed by atoms with Crippen molar-refractivity contribution in [2.24, 2.45) is 5.73 Å². The van der Waals surface area contributed by atoms with Gasteiger partial charge in [0.25, 0.3) is 5.91 Å². The molecule has 3 rings (SSSR count). The molecule has 1 aromatic rings. The second kappa shape index (κ2) is 4.24. The zero-order chi connectivity index (χ0) is 13.6. The fraction of sp³-hybridized carbons (Fsp3) is 0.385. The number of likely N-dealkylation sites (N-methyl/N-ethyl adjacent to an activating group) is 1. The number of carbonyl (C=O) groups is 2. The molecule has 100 valence electrons. The van der Waals surface area contributed by atoms with Gasteiger partial charge < -0.3 is 20.3 Å². The summed E-state index contributed by atoms with van der Waals surface area (Å²) < 4.78 is 5.35. The second-order valence-corrected chi connectivity index (χ2v) is 4.86. The van der Waals surface area contributed by atoms with E-state index in [-0.39, 0.29) is 24.5 Å². The molecule has 2 aliphatic heterocycles. The molecular weight excluding hydrogens is 246 g/mol. The Hall–Kier alpha value is -2.08. The summed E-state index contributed by atoms with van der Waals surface area (Å²) in [6, 6.07) is 5.27. The summed E-state index contributed by atoms with van der Waals surface area (Å²) in [5.41, 5.74) is 7.22. The number of hydrogen-bond donors (Lipinski definition) is 1. The van der Waals surface area contributed by atoms with Gasteiger partial charge in [-0.2, -0.15) is 0 Å². The highest BCUT2D eigenvalue weighted by atomic mass is 16.5. The molecule has 2 amide bonds. The van der Waals surface area contributed by atoms with Crippen LogP contribution >= 0.6 is 0 Å². The maximum atomic E-state index is 11.8. The molecule has 1 saturated heterocycles. The Bertz CT molecular complexity index is 558. The van der Waals surface area contributed by atoms with Crippen LogP contribution < -0.4 is 20.3 Å². The predicted octanol–water partition coefficient (Wildman–Crippen LogP) is 0.106. The number of carbonyl (C=O) groups excluding carboxylic acids is 2. The monoisotopic (exact) mass is 261 g/mol. The van der Waals surface area contributed by atoms with Crippen LogP contribution in [0.15, 0.2) is 18.2 Å². The Balaban J connectivity index is 1.97. The molecule has 0 aromatic heterocycles. The van der Waals surface area contributed by atoms with E-state index < -0.39 is 0 Å². The van der Waals surface area contributed by atoms with E-state index in [0.29, 0.717) is 24.4 Å². The molecule has 0 bridgehead atoms. The molecule has 0 spiro atoms. The third-order valence-electron chi connectivity index (χ3n) is 3.50. The van der Waals surface area contributed by atoms with Crippen LogP contribution in [0.1, 0.15) is 6.42 Å². The minimum Gasteiger partial charge on any atom is -0.482 e. The number of rotatable bonds is 1. The smallest absolute Gasteiger partial charge is 0.264 e. The van der Waals surface area contributed by atoms with Crippen LogP contribution in [0.5, 0.6) is 5.75 Å². The van der Waals surface area contributed by atoms with Gasteiger partial charge in [-0.3, -0.25) is 9.59 Å². The molecule has 0 saturated carbocycles. The van der Waals surface area contributed by atoms with Gasteiger partial charge in [0.05, 0.1) is 5.69 Å². The third-order valence-corrected chi connectivity index (χ3v) is 3.50. The first-order valence-corrected chi connectivity index (χ1v) is 6.15. The lowest BCUT2D eigenvalue weighted by atomic mass is 10.2. The number of fused-ring (bicyclic) bond motifs is 1. The molecule has 6 nitrogen and oxygen atoms in total. The molecule has 2 aliphatic rings. The van der Waals surface area contributed by atoms with Crippen molar-refractivity contribution in [2.45, 2.75) is 12.5 Å². The van der Waals surface area contributed by atoms with Gasteiger partial charge in [0.15, 0.2) is 6.61 Å². The Morgan fingerprint density at radius 2 is 2.11 bits per heavy atom. The highest BCUT2D eigenvalue weighted by molar-refractivity contribution is 6.00. The number of amides is 2. The fourth-order valence-electron chi connectivity index (χ4n) is 2.41. The third kappa shape index (κ3) is 1.94. The first-order chi connectivity index (χ1) is 9.06. The molecule has 0 aliphatic carbocycles. The lowest BCUT2D eigenvalue weighted by Gasteiger charge is -2.27. The maximum Gasteiger partial charge on any atom is 0.264 e. The van der Waals surface area contributed by atoms with E-state index in [9.17, 15) is 9.59 Å². The highest BCUT2D eigenvalue weighted by Gasteiger charge is 2.30. The summed E-state index contributed by atoms with van der Waals surface area (Å²) in [5, 5.41) is 0. The molecule has 1 aromatic carbocycles. The number of benzene rings is 1. The lowest BCUT2D eigenvalue weighted by Crippen LogP contribution is -2.36. The molecule has 2 heterocycles. The number of nitrogens with zero attached hydrogens (tertiary/aromatic N) is 2. The van der Waals surface area contributed by atoms with Crippen LogP contribution in [0.4, 0.5) is 11.4 Å². The fourth-order valence-corrected chi connectivity index (χ4v) is 2.41. The van der Waals surface area contributed by atoms with Crippen molar-refractivity contribution in [3.63, 3.8) is 0 Å². The standard InChI is InChI=1S/C13H15N3O3/c1-15-10-5-9(16-6-8(14)4-12(16)17)2-3-11(10)19-7-13(15)18/h2-3,5,8H,4,6-7,14H2,1H3. The van der Waals surface area contributed by atoms with Crippen molar-refractivity contribution in [3.05, 3.63) is 18.2 Å². The minimum atomic E-state index is -0.126. The van der Waals surface area contributed by atoms with E-state index in [2.05, 4.69) is 0 Å². The van der Waals surface area contributed by atoms with Gasteiger partial charge in [-0.05, 0) is 18.2 Å². The van der Waals surface area contributed by atoms with Gasteiger partial charge in [-0.25, -0.2) is 0 Å². The van der Waals surface area contributed by atoms with Crippen molar-refractivity contribution in [3.8, 4) is 5.75 Å². The zero-order valence-corrected chi connectivity index (χ0v) is 10.6. The molecule has 1 unspecified atom stereocenters. The summed E-state index contributed by atoms with van der Waals surface area (Å²) in [4.78, 5) is 26.6. The average molecular weight is 261 g/mol. The first-order valence-electron chi connectivity index (χ1n) is 6.15. The molecule has 19 heavy (non-hydrogen) atoms. The molecular formula is C13H15N3O3. The van der Waals surface area contributed by atoms with E-state index >= 15 is 0 Å².